The number of benzene rings is 2. The normalized spacial score (nSPS) is 10.9. The van der Waals surface area contributed by atoms with Gasteiger partial charge in [-0.25, -0.2) is 13.2 Å². The molecule has 0 spiro atoms. The van der Waals surface area contributed by atoms with Crippen LogP contribution in [0.1, 0.15) is 5.56 Å². The molecule has 5 heteroatoms. The van der Waals surface area contributed by atoms with Crippen LogP contribution in [0.3, 0.4) is 0 Å². The monoisotopic (exact) mass is 293 g/mol. The van der Waals surface area contributed by atoms with E-state index in [0.717, 1.165) is 21.7 Å². The first-order chi connectivity index (χ1) is 9.66. The first-order valence-electron chi connectivity index (χ1n) is 5.99. The molecule has 0 saturated heterocycles. The van der Waals surface area contributed by atoms with Gasteiger partial charge in [0, 0.05) is 11.2 Å². The molecule has 0 radical (unpaired) electrons. The summed E-state index contributed by atoms with van der Waals surface area (Å²) in [6.07, 6.45) is 0. The summed E-state index contributed by atoms with van der Waals surface area (Å²) in [5.41, 5.74) is 0.953. The van der Waals surface area contributed by atoms with Crippen LogP contribution in [0, 0.1) is 17.5 Å². The Morgan fingerprint density at radius 3 is 2.60 bits per heavy atom. The molecule has 0 amide bonds. The molecule has 0 unspecified atom stereocenters. The lowest BCUT2D eigenvalue weighted by Gasteiger charge is -2.08. The highest BCUT2D eigenvalue weighted by molar-refractivity contribution is 7.17. The second kappa shape index (κ2) is 5.17. The lowest BCUT2D eigenvalue weighted by Crippen LogP contribution is -2.03. The average molecular weight is 293 g/mol. The minimum atomic E-state index is -1.45. The van der Waals surface area contributed by atoms with Gasteiger partial charge in [0.15, 0.2) is 17.5 Å². The number of halogens is 3. The molecule has 0 aliphatic rings. The maximum Gasteiger partial charge on any atom is 0.196 e. The Labute approximate surface area is 117 Å². The molecule has 0 fully saturated rings. The molecule has 0 bridgehead atoms. The van der Waals surface area contributed by atoms with Crippen LogP contribution in [0.25, 0.3) is 10.1 Å². The van der Waals surface area contributed by atoms with Gasteiger partial charge in [-0.2, -0.15) is 0 Å². The van der Waals surface area contributed by atoms with Gasteiger partial charge >= 0.3 is 0 Å². The van der Waals surface area contributed by atoms with Crippen LogP contribution in [-0.4, -0.2) is 0 Å². The number of hydrogen-bond acceptors (Lipinski definition) is 2. The van der Waals surface area contributed by atoms with Gasteiger partial charge in [-0.15, -0.1) is 11.3 Å². The van der Waals surface area contributed by atoms with Gasteiger partial charge in [-0.05, 0) is 34.5 Å². The summed E-state index contributed by atoms with van der Waals surface area (Å²) in [7, 11) is 0. The summed E-state index contributed by atoms with van der Waals surface area (Å²) < 4.78 is 40.6. The lowest BCUT2D eigenvalue weighted by atomic mass is 10.2. The van der Waals surface area contributed by atoms with Crippen LogP contribution in [0.4, 0.5) is 18.9 Å². The Morgan fingerprint density at radius 2 is 1.75 bits per heavy atom. The molecule has 3 aromatic rings. The van der Waals surface area contributed by atoms with E-state index >= 15 is 0 Å². The van der Waals surface area contributed by atoms with Gasteiger partial charge in [-0.3, -0.25) is 0 Å². The van der Waals surface area contributed by atoms with E-state index in [1.54, 1.807) is 11.3 Å². The molecule has 0 atom stereocenters. The van der Waals surface area contributed by atoms with E-state index in [0.29, 0.717) is 6.54 Å². The Morgan fingerprint density at radius 1 is 0.950 bits per heavy atom. The van der Waals surface area contributed by atoms with Crippen LogP contribution in [0.2, 0.25) is 0 Å². The molecule has 1 aromatic heterocycles. The van der Waals surface area contributed by atoms with Gasteiger partial charge in [0.05, 0.1) is 5.69 Å². The van der Waals surface area contributed by atoms with E-state index in [-0.39, 0.29) is 5.69 Å². The fraction of sp³-hybridized carbons (Fsp3) is 0.0667. The number of hydrogen-bond donors (Lipinski definition) is 1. The Bertz CT molecular complexity index is 767. The van der Waals surface area contributed by atoms with Crippen LogP contribution in [0.15, 0.2) is 41.8 Å². The molecule has 0 aliphatic heterocycles. The summed E-state index contributed by atoms with van der Waals surface area (Å²) in [5.74, 6) is -3.83. The molecular formula is C15H10F3NS. The van der Waals surface area contributed by atoms with Crippen LogP contribution >= 0.6 is 11.3 Å². The van der Waals surface area contributed by atoms with Crippen molar-refractivity contribution in [3.8, 4) is 0 Å². The average Bonchev–Trinajstić information content (AvgIpc) is 2.87. The Hall–Kier alpha value is -2.01. The van der Waals surface area contributed by atoms with Crippen molar-refractivity contribution in [3.63, 3.8) is 0 Å². The number of nitrogens with one attached hydrogen (secondary N) is 1. The van der Waals surface area contributed by atoms with Gasteiger partial charge < -0.3 is 5.32 Å². The molecule has 0 saturated carbocycles. The smallest absolute Gasteiger partial charge is 0.196 e. The van der Waals surface area contributed by atoms with Crippen LogP contribution < -0.4 is 5.32 Å². The zero-order valence-corrected chi connectivity index (χ0v) is 11.1. The third-order valence-electron chi connectivity index (χ3n) is 3.07. The minimum Gasteiger partial charge on any atom is -0.378 e. The highest BCUT2D eigenvalue weighted by Gasteiger charge is 2.13. The first-order valence-corrected chi connectivity index (χ1v) is 6.87. The summed E-state index contributed by atoms with van der Waals surface area (Å²) in [6.45, 7) is 0.353. The number of rotatable bonds is 3. The maximum atomic E-state index is 13.5. The number of anilines is 1. The molecule has 20 heavy (non-hydrogen) atoms. The molecule has 102 valence electrons. The summed E-state index contributed by atoms with van der Waals surface area (Å²) >= 11 is 1.59. The molecule has 0 aliphatic carbocycles. The van der Waals surface area contributed by atoms with E-state index < -0.39 is 17.5 Å². The molecule has 1 N–H and O–H groups in total. The topological polar surface area (TPSA) is 12.0 Å². The highest BCUT2D eigenvalue weighted by Crippen LogP contribution is 2.27. The van der Waals surface area contributed by atoms with Crippen LogP contribution in [-0.2, 0) is 6.54 Å². The fourth-order valence-electron chi connectivity index (χ4n) is 2.02. The molecular weight excluding hydrogens is 283 g/mol. The van der Waals surface area contributed by atoms with Crippen molar-refractivity contribution in [1.82, 2.24) is 0 Å². The van der Waals surface area contributed by atoms with E-state index in [2.05, 4.69) is 5.32 Å². The van der Waals surface area contributed by atoms with Gasteiger partial charge in [0.25, 0.3) is 0 Å². The lowest BCUT2D eigenvalue weighted by molar-refractivity contribution is 0.449. The van der Waals surface area contributed by atoms with Crippen molar-refractivity contribution in [2.45, 2.75) is 6.54 Å². The SMILES string of the molecule is Fc1ccc(NCc2csc3ccccc23)c(F)c1F. The van der Waals surface area contributed by atoms with Crippen molar-refractivity contribution in [1.29, 1.82) is 0 Å². The highest BCUT2D eigenvalue weighted by atomic mass is 32.1. The van der Waals surface area contributed by atoms with Crippen molar-refractivity contribution in [3.05, 3.63) is 64.8 Å². The van der Waals surface area contributed by atoms with Crippen molar-refractivity contribution < 1.29 is 13.2 Å². The first kappa shape index (κ1) is 13.0. The standard InChI is InChI=1S/C15H10F3NS/c16-11-5-6-12(15(18)14(11)17)19-7-9-8-20-13-4-2-1-3-10(9)13/h1-6,8,19H,7H2. The molecule has 1 nitrogen and oxygen atoms in total. The van der Waals surface area contributed by atoms with E-state index in [4.69, 9.17) is 0 Å². The van der Waals surface area contributed by atoms with Crippen LogP contribution in [0.5, 0.6) is 0 Å². The second-order valence-corrected chi connectivity index (χ2v) is 5.24. The maximum absolute atomic E-state index is 13.5. The molecule has 3 rings (SSSR count). The fourth-order valence-corrected chi connectivity index (χ4v) is 2.99. The Kier molecular flexibility index (Phi) is 3.36. The third kappa shape index (κ3) is 2.25. The van der Waals surface area contributed by atoms with Gasteiger partial charge in [0.2, 0.25) is 0 Å². The van der Waals surface area contributed by atoms with E-state index in [1.165, 1.54) is 6.07 Å². The van der Waals surface area contributed by atoms with Gasteiger partial charge in [0.1, 0.15) is 0 Å². The number of fused-ring (bicyclic) bond motifs is 1. The molecule has 2 aromatic carbocycles. The quantitative estimate of drug-likeness (QED) is 0.675. The largest absolute Gasteiger partial charge is 0.378 e. The molecule has 1 heterocycles. The summed E-state index contributed by atoms with van der Waals surface area (Å²) in [5, 5.41) is 5.85. The predicted molar refractivity (Wildman–Crippen MR) is 75.5 cm³/mol. The van der Waals surface area contributed by atoms with Crippen molar-refractivity contribution >= 4 is 27.1 Å². The van der Waals surface area contributed by atoms with E-state index in [9.17, 15) is 13.2 Å². The summed E-state index contributed by atoms with van der Waals surface area (Å²) in [4.78, 5) is 0. The minimum absolute atomic E-state index is 0.0424. The zero-order valence-electron chi connectivity index (χ0n) is 10.3. The predicted octanol–water partition coefficient (Wildman–Crippen LogP) is 4.93. The van der Waals surface area contributed by atoms with Crippen molar-refractivity contribution in [2.75, 3.05) is 5.32 Å². The van der Waals surface area contributed by atoms with Crippen molar-refractivity contribution in [2.24, 2.45) is 0 Å². The zero-order chi connectivity index (χ0) is 14.1. The number of thiophene rings is 1. The summed E-state index contributed by atoms with van der Waals surface area (Å²) in [6, 6.07) is 9.96. The second-order valence-electron chi connectivity index (χ2n) is 4.33. The third-order valence-corrected chi connectivity index (χ3v) is 4.08. The van der Waals surface area contributed by atoms with E-state index in [1.807, 2.05) is 29.6 Å². The Balaban J connectivity index is 1.85. The van der Waals surface area contributed by atoms with Gasteiger partial charge in [-0.1, -0.05) is 18.2 Å².